The fourth-order valence-electron chi connectivity index (χ4n) is 6.13. The normalized spacial score (nSPS) is 19.1. The highest BCUT2D eigenvalue weighted by molar-refractivity contribution is 7.13. The molecule has 0 radical (unpaired) electrons. The SMILES string of the molecule is Cc1ncsc1-c1ccc(CCNC(=O)[C@@H]2C[C@@H](O)CN2C(=O)C(C)(C)[C@H](C)NC(=O)COCCOC2CCN(C(=O)OC(C)(C)C)CC2)cc1. The van der Waals surface area contributed by atoms with Crippen molar-refractivity contribution in [2.45, 2.75) is 104 Å². The molecule has 2 aliphatic rings. The summed E-state index contributed by atoms with van der Waals surface area (Å²) in [5.41, 5.74) is 3.41. The van der Waals surface area contributed by atoms with Crippen LogP contribution in [0.1, 0.15) is 72.1 Å². The average Bonchev–Trinajstić information content (AvgIpc) is 3.69. The predicted octanol–water partition coefficient (Wildman–Crippen LogP) is 3.70. The first kappa shape index (κ1) is 40.2. The number of ether oxygens (including phenoxy) is 3. The number of hydrogen-bond acceptors (Lipinski definition) is 10. The van der Waals surface area contributed by atoms with Crippen molar-refractivity contribution >= 4 is 35.2 Å². The van der Waals surface area contributed by atoms with Crippen LogP contribution in [0.2, 0.25) is 0 Å². The monoisotopic (exact) mass is 729 g/mol. The number of benzene rings is 1. The van der Waals surface area contributed by atoms with Gasteiger partial charge in [-0.1, -0.05) is 24.3 Å². The number of carbonyl (C=O) groups excluding carboxylic acids is 4. The fourth-order valence-corrected chi connectivity index (χ4v) is 6.94. The molecule has 1 aromatic heterocycles. The maximum Gasteiger partial charge on any atom is 0.410 e. The Kier molecular flexibility index (Phi) is 14.0. The van der Waals surface area contributed by atoms with Gasteiger partial charge >= 0.3 is 6.09 Å². The maximum atomic E-state index is 13.8. The second-order valence-corrected chi connectivity index (χ2v) is 15.8. The second-order valence-electron chi connectivity index (χ2n) is 15.0. The Hall–Kier alpha value is -3.59. The summed E-state index contributed by atoms with van der Waals surface area (Å²) in [5.74, 6) is -1.01. The van der Waals surface area contributed by atoms with Gasteiger partial charge in [0.15, 0.2) is 0 Å². The van der Waals surface area contributed by atoms with Crippen LogP contribution in [0.3, 0.4) is 0 Å². The standard InChI is InChI=1S/C37H55N5O8S/c1-24-32(51-23-39-24)27-10-8-26(9-11-27)12-15-38-33(45)30-20-28(43)21-42(30)34(46)37(6,7)25(2)40-31(44)22-48-18-19-49-29-13-16-41(17-14-29)35(47)50-36(3,4)5/h8-11,23,25,28-30,43H,12-22H2,1-7H3,(H,38,45)(H,40,44)/t25-,28+,30-/m0/s1. The smallest absolute Gasteiger partial charge is 0.410 e. The zero-order valence-corrected chi connectivity index (χ0v) is 31.8. The van der Waals surface area contributed by atoms with Gasteiger partial charge in [0.05, 0.1) is 46.9 Å². The second kappa shape index (κ2) is 17.8. The number of likely N-dealkylation sites (tertiary alicyclic amines) is 2. The van der Waals surface area contributed by atoms with Crippen molar-refractivity contribution in [3.8, 4) is 10.4 Å². The van der Waals surface area contributed by atoms with Gasteiger partial charge in [-0.15, -0.1) is 11.3 Å². The van der Waals surface area contributed by atoms with Crippen LogP contribution in [0.25, 0.3) is 10.4 Å². The minimum Gasteiger partial charge on any atom is -0.444 e. The van der Waals surface area contributed by atoms with Crippen molar-refractivity contribution in [1.82, 2.24) is 25.4 Å². The van der Waals surface area contributed by atoms with E-state index in [1.54, 1.807) is 37.0 Å². The first-order valence-corrected chi connectivity index (χ1v) is 18.7. The number of piperidine rings is 1. The van der Waals surface area contributed by atoms with Crippen LogP contribution in [-0.2, 0) is 35.0 Å². The number of nitrogens with zero attached hydrogens (tertiary/aromatic N) is 3. The number of aryl methyl sites for hydroxylation is 1. The van der Waals surface area contributed by atoms with Crippen molar-refractivity contribution in [3.05, 3.63) is 41.0 Å². The molecule has 1 aromatic carbocycles. The van der Waals surface area contributed by atoms with Crippen LogP contribution < -0.4 is 10.6 Å². The van der Waals surface area contributed by atoms with Gasteiger partial charge in [-0.05, 0) is 78.9 Å². The summed E-state index contributed by atoms with van der Waals surface area (Å²) in [4.78, 5) is 60.5. The van der Waals surface area contributed by atoms with E-state index in [0.29, 0.717) is 45.5 Å². The number of nitrogens with one attached hydrogen (secondary N) is 2. The van der Waals surface area contributed by atoms with E-state index in [-0.39, 0.29) is 56.1 Å². The molecule has 3 heterocycles. The van der Waals surface area contributed by atoms with Crippen molar-refractivity contribution < 1.29 is 38.5 Å². The van der Waals surface area contributed by atoms with Crippen LogP contribution in [0.4, 0.5) is 4.79 Å². The summed E-state index contributed by atoms with van der Waals surface area (Å²) in [6.07, 6.45) is 1.02. The molecule has 2 fully saturated rings. The molecule has 2 aromatic rings. The summed E-state index contributed by atoms with van der Waals surface area (Å²) >= 11 is 1.60. The molecule has 282 valence electrons. The van der Waals surface area contributed by atoms with E-state index >= 15 is 0 Å². The van der Waals surface area contributed by atoms with Gasteiger partial charge in [-0.2, -0.15) is 0 Å². The van der Waals surface area contributed by atoms with Crippen LogP contribution >= 0.6 is 11.3 Å². The molecule has 0 saturated carbocycles. The summed E-state index contributed by atoms with van der Waals surface area (Å²) < 4.78 is 16.8. The molecular formula is C37H55N5O8S. The Morgan fingerprint density at radius 1 is 1.06 bits per heavy atom. The van der Waals surface area contributed by atoms with E-state index in [4.69, 9.17) is 14.2 Å². The first-order valence-electron chi connectivity index (χ1n) is 17.8. The van der Waals surface area contributed by atoms with E-state index in [1.165, 1.54) is 4.90 Å². The average molecular weight is 730 g/mol. The van der Waals surface area contributed by atoms with Crippen molar-refractivity contribution in [1.29, 1.82) is 0 Å². The molecule has 3 N–H and O–H groups in total. The van der Waals surface area contributed by atoms with Crippen molar-refractivity contribution in [2.75, 3.05) is 46.0 Å². The molecule has 51 heavy (non-hydrogen) atoms. The minimum atomic E-state index is -1.06. The third kappa shape index (κ3) is 11.4. The number of aliphatic hydroxyl groups is 1. The highest BCUT2D eigenvalue weighted by Gasteiger charge is 2.46. The topological polar surface area (TPSA) is 160 Å². The van der Waals surface area contributed by atoms with E-state index in [2.05, 4.69) is 27.8 Å². The van der Waals surface area contributed by atoms with Crippen LogP contribution in [-0.4, -0.2) is 120 Å². The number of aliphatic hydroxyl groups excluding tert-OH is 1. The Balaban J connectivity index is 1.16. The molecule has 4 rings (SSSR count). The highest BCUT2D eigenvalue weighted by atomic mass is 32.1. The third-order valence-electron chi connectivity index (χ3n) is 9.44. The Morgan fingerprint density at radius 3 is 2.37 bits per heavy atom. The fraction of sp³-hybridized carbons (Fsp3) is 0.649. The molecule has 2 saturated heterocycles. The van der Waals surface area contributed by atoms with Crippen LogP contribution in [0.15, 0.2) is 29.8 Å². The summed E-state index contributed by atoms with van der Waals surface area (Å²) in [6.45, 7) is 14.6. The highest BCUT2D eigenvalue weighted by Crippen LogP contribution is 2.30. The lowest BCUT2D eigenvalue weighted by Crippen LogP contribution is -2.56. The van der Waals surface area contributed by atoms with Gasteiger partial charge < -0.3 is 39.8 Å². The molecule has 0 aliphatic carbocycles. The summed E-state index contributed by atoms with van der Waals surface area (Å²) in [6, 6.07) is 6.79. The zero-order valence-electron chi connectivity index (χ0n) is 31.0. The number of thiazole rings is 1. The number of aromatic nitrogens is 1. The molecule has 2 aliphatic heterocycles. The molecular weight excluding hydrogens is 675 g/mol. The number of rotatable bonds is 14. The van der Waals surface area contributed by atoms with E-state index in [1.807, 2.05) is 45.3 Å². The van der Waals surface area contributed by atoms with Crippen molar-refractivity contribution in [3.63, 3.8) is 0 Å². The van der Waals surface area contributed by atoms with E-state index in [9.17, 15) is 24.3 Å². The molecule has 0 unspecified atom stereocenters. The van der Waals surface area contributed by atoms with E-state index in [0.717, 1.165) is 21.7 Å². The Bertz CT molecular complexity index is 1480. The minimum absolute atomic E-state index is 0.000399. The lowest BCUT2D eigenvalue weighted by molar-refractivity contribution is -0.147. The molecule has 14 heteroatoms. The molecule has 0 spiro atoms. The van der Waals surface area contributed by atoms with E-state index < -0.39 is 29.2 Å². The summed E-state index contributed by atoms with van der Waals surface area (Å²) in [7, 11) is 0. The van der Waals surface area contributed by atoms with Crippen molar-refractivity contribution in [2.24, 2.45) is 5.41 Å². The maximum absolute atomic E-state index is 13.8. The predicted molar refractivity (Wildman–Crippen MR) is 194 cm³/mol. The quantitative estimate of drug-likeness (QED) is 0.247. The first-order chi connectivity index (χ1) is 24.0. The Labute approximate surface area is 305 Å². The molecule has 0 bridgehead atoms. The molecule has 13 nitrogen and oxygen atoms in total. The number of hydrogen-bond donors (Lipinski definition) is 3. The van der Waals surface area contributed by atoms with Gasteiger partial charge in [0.2, 0.25) is 17.7 Å². The lowest BCUT2D eigenvalue weighted by atomic mass is 9.83. The lowest BCUT2D eigenvalue weighted by Gasteiger charge is -2.36. The van der Waals surface area contributed by atoms with Gasteiger partial charge in [0.1, 0.15) is 18.2 Å². The van der Waals surface area contributed by atoms with Crippen LogP contribution in [0, 0.1) is 12.3 Å². The number of carbonyl (C=O) groups is 4. The number of β-amino-alcohol motifs (C(OH)–C–C–N with tert-alkyl or cyclic N) is 1. The van der Waals surface area contributed by atoms with Gasteiger partial charge in [0.25, 0.3) is 0 Å². The number of amides is 4. The zero-order chi connectivity index (χ0) is 37.3. The molecule has 4 amide bonds. The van der Waals surface area contributed by atoms with Gasteiger partial charge in [0, 0.05) is 38.6 Å². The summed E-state index contributed by atoms with van der Waals surface area (Å²) in [5, 5.41) is 16.2. The third-order valence-corrected chi connectivity index (χ3v) is 10.4. The molecule has 3 atom stereocenters. The van der Waals surface area contributed by atoms with Gasteiger partial charge in [-0.25, -0.2) is 9.78 Å². The Morgan fingerprint density at radius 2 is 1.75 bits per heavy atom. The largest absolute Gasteiger partial charge is 0.444 e. The van der Waals surface area contributed by atoms with Gasteiger partial charge in [-0.3, -0.25) is 14.4 Å². The van der Waals surface area contributed by atoms with Crippen LogP contribution in [0.5, 0.6) is 0 Å².